The summed E-state index contributed by atoms with van der Waals surface area (Å²) in [5, 5.41) is 0. The lowest BCUT2D eigenvalue weighted by molar-refractivity contribution is -0.150. The van der Waals surface area contributed by atoms with E-state index in [-0.39, 0.29) is 36.2 Å². The number of carbonyl (C=O) groups is 1. The first-order chi connectivity index (χ1) is 11.1. The van der Waals surface area contributed by atoms with Crippen molar-refractivity contribution in [2.24, 2.45) is 11.7 Å². The Bertz CT molecular complexity index is 372. The van der Waals surface area contributed by atoms with Crippen LogP contribution in [0.25, 0.3) is 0 Å². The molecule has 23 heavy (non-hydrogen) atoms. The van der Waals surface area contributed by atoms with Gasteiger partial charge in [0.25, 0.3) is 0 Å². The van der Waals surface area contributed by atoms with E-state index in [0.29, 0.717) is 19.8 Å². The number of likely N-dealkylation sites (N-methyl/N-ethyl adjacent to an activating group) is 1. The highest BCUT2D eigenvalue weighted by Gasteiger charge is 2.39. The number of ether oxygens (including phenoxy) is 3. The smallest absolute Gasteiger partial charge is 0.308 e. The van der Waals surface area contributed by atoms with E-state index in [1.54, 1.807) is 0 Å². The summed E-state index contributed by atoms with van der Waals surface area (Å²) in [7, 11) is 2.07. The van der Waals surface area contributed by atoms with Crippen LogP contribution in [0.5, 0.6) is 0 Å². The van der Waals surface area contributed by atoms with Crippen molar-refractivity contribution < 1.29 is 19.0 Å². The molecule has 0 amide bonds. The highest BCUT2D eigenvalue weighted by Crippen LogP contribution is 2.28. The number of esters is 1. The molecule has 2 fully saturated rings. The lowest BCUT2D eigenvalue weighted by Crippen LogP contribution is -2.43. The largest absolute Gasteiger partial charge is 0.466 e. The number of hydrogen-bond donors (Lipinski definition) is 1. The minimum Gasteiger partial charge on any atom is -0.466 e. The zero-order valence-electron chi connectivity index (χ0n) is 14.7. The van der Waals surface area contributed by atoms with Crippen molar-refractivity contribution in [3.63, 3.8) is 0 Å². The minimum absolute atomic E-state index is 0.0425. The topological polar surface area (TPSA) is 74.0 Å². The van der Waals surface area contributed by atoms with E-state index in [0.717, 1.165) is 32.2 Å². The Labute approximate surface area is 139 Å². The molecule has 0 bridgehead atoms. The first-order valence-electron chi connectivity index (χ1n) is 8.92. The van der Waals surface area contributed by atoms with E-state index in [1.165, 1.54) is 0 Å². The van der Waals surface area contributed by atoms with E-state index in [2.05, 4.69) is 11.9 Å². The molecule has 0 aromatic heterocycles. The van der Waals surface area contributed by atoms with Gasteiger partial charge in [0.2, 0.25) is 0 Å². The van der Waals surface area contributed by atoms with Crippen molar-refractivity contribution in [2.45, 2.75) is 63.8 Å². The molecule has 0 spiro atoms. The molecular formula is C17H32N2O4. The molecule has 0 aromatic rings. The predicted octanol–water partition coefficient (Wildman–Crippen LogP) is 1.17. The molecule has 1 aliphatic heterocycles. The van der Waals surface area contributed by atoms with Gasteiger partial charge < -0.3 is 19.9 Å². The molecule has 0 aromatic carbocycles. The fraction of sp³-hybridized carbons (Fsp3) is 0.941. The molecule has 1 aliphatic carbocycles. The van der Waals surface area contributed by atoms with Crippen LogP contribution >= 0.6 is 0 Å². The monoisotopic (exact) mass is 328 g/mol. The summed E-state index contributed by atoms with van der Waals surface area (Å²) >= 11 is 0. The van der Waals surface area contributed by atoms with Crippen LogP contribution in [-0.4, -0.2) is 68.6 Å². The number of nitrogens with zero attached hydrogens (tertiary/aromatic N) is 1. The van der Waals surface area contributed by atoms with Gasteiger partial charge in [-0.05, 0) is 46.6 Å². The van der Waals surface area contributed by atoms with Gasteiger partial charge in [-0.3, -0.25) is 9.69 Å². The summed E-state index contributed by atoms with van der Waals surface area (Å²) in [5.41, 5.74) is 6.16. The highest BCUT2D eigenvalue weighted by molar-refractivity contribution is 5.72. The van der Waals surface area contributed by atoms with Crippen molar-refractivity contribution in [3.05, 3.63) is 0 Å². The summed E-state index contributed by atoms with van der Waals surface area (Å²) in [6.45, 7) is 6.47. The molecule has 2 aliphatic rings. The second-order valence-electron chi connectivity index (χ2n) is 6.65. The molecule has 0 unspecified atom stereocenters. The maximum atomic E-state index is 11.8. The summed E-state index contributed by atoms with van der Waals surface area (Å²) in [4.78, 5) is 14.0. The highest BCUT2D eigenvalue weighted by atomic mass is 16.5. The van der Waals surface area contributed by atoms with Gasteiger partial charge >= 0.3 is 5.97 Å². The first-order valence-corrected chi connectivity index (χ1v) is 8.92. The van der Waals surface area contributed by atoms with Crippen molar-refractivity contribution in [3.8, 4) is 0 Å². The van der Waals surface area contributed by atoms with Gasteiger partial charge in [-0.25, -0.2) is 0 Å². The van der Waals surface area contributed by atoms with Crippen LogP contribution in [0.15, 0.2) is 0 Å². The van der Waals surface area contributed by atoms with Crippen LogP contribution in [0.4, 0.5) is 0 Å². The minimum atomic E-state index is -0.0520. The summed E-state index contributed by atoms with van der Waals surface area (Å²) < 4.78 is 17.0. The van der Waals surface area contributed by atoms with Crippen LogP contribution in [-0.2, 0) is 19.0 Å². The lowest BCUT2D eigenvalue weighted by Gasteiger charge is -2.31. The van der Waals surface area contributed by atoms with Crippen LogP contribution in [0.1, 0.15) is 39.5 Å². The van der Waals surface area contributed by atoms with Gasteiger partial charge in [0.1, 0.15) is 0 Å². The molecule has 6 nitrogen and oxygen atoms in total. The predicted molar refractivity (Wildman–Crippen MR) is 88.1 cm³/mol. The third-order valence-corrected chi connectivity index (χ3v) is 5.02. The van der Waals surface area contributed by atoms with Gasteiger partial charge in [0.15, 0.2) is 0 Å². The quantitative estimate of drug-likeness (QED) is 0.707. The summed E-state index contributed by atoms with van der Waals surface area (Å²) in [5.74, 6) is -0.00240. The SMILES string of the molecule is CCOC(=O)C1CCC(OC[C@@H]2[C@@H](OCC)[C@H](N)CN2C)CC1. The number of likely N-dealkylation sites (tertiary alicyclic amines) is 1. The Morgan fingerprint density at radius 3 is 2.43 bits per heavy atom. The van der Waals surface area contributed by atoms with Crippen LogP contribution < -0.4 is 5.73 Å². The Hall–Kier alpha value is -0.690. The zero-order chi connectivity index (χ0) is 16.8. The Balaban J connectivity index is 1.75. The summed E-state index contributed by atoms with van der Waals surface area (Å²) in [6, 6.07) is 0.265. The molecule has 3 atom stereocenters. The fourth-order valence-electron chi connectivity index (χ4n) is 3.72. The molecule has 6 heteroatoms. The molecule has 134 valence electrons. The maximum absolute atomic E-state index is 11.8. The molecule has 2 rings (SSSR count). The Morgan fingerprint density at radius 2 is 1.83 bits per heavy atom. The van der Waals surface area contributed by atoms with Crippen LogP contribution in [0.2, 0.25) is 0 Å². The van der Waals surface area contributed by atoms with Gasteiger partial charge in [-0.15, -0.1) is 0 Å². The zero-order valence-corrected chi connectivity index (χ0v) is 14.7. The van der Waals surface area contributed by atoms with Crippen LogP contribution in [0.3, 0.4) is 0 Å². The standard InChI is InChI=1S/C17H32N2O4/c1-4-21-16-14(18)10-19(3)15(16)11-23-13-8-6-12(7-9-13)17(20)22-5-2/h12-16H,4-11,18H2,1-3H3/t12?,13?,14-,15-,16+/m1/s1. The number of carbonyl (C=O) groups excluding carboxylic acids is 1. The third kappa shape index (κ3) is 4.89. The molecule has 2 N–H and O–H groups in total. The number of nitrogens with two attached hydrogens (primary N) is 1. The normalized spacial score (nSPS) is 35.4. The van der Waals surface area contributed by atoms with Crippen molar-refractivity contribution in [1.29, 1.82) is 0 Å². The first kappa shape index (κ1) is 18.6. The number of rotatable bonds is 7. The van der Waals surface area contributed by atoms with E-state index in [1.807, 2.05) is 13.8 Å². The van der Waals surface area contributed by atoms with E-state index >= 15 is 0 Å². The summed E-state index contributed by atoms with van der Waals surface area (Å²) in [6.07, 6.45) is 3.84. The second-order valence-corrected chi connectivity index (χ2v) is 6.65. The molecular weight excluding hydrogens is 296 g/mol. The van der Waals surface area contributed by atoms with Gasteiger partial charge in [-0.2, -0.15) is 0 Å². The van der Waals surface area contributed by atoms with E-state index < -0.39 is 0 Å². The van der Waals surface area contributed by atoms with E-state index in [4.69, 9.17) is 19.9 Å². The average molecular weight is 328 g/mol. The number of hydrogen-bond acceptors (Lipinski definition) is 6. The second kappa shape index (κ2) is 8.97. The molecule has 1 saturated heterocycles. The lowest BCUT2D eigenvalue weighted by atomic mass is 9.87. The third-order valence-electron chi connectivity index (χ3n) is 5.02. The van der Waals surface area contributed by atoms with Crippen molar-refractivity contribution in [1.82, 2.24) is 4.90 Å². The van der Waals surface area contributed by atoms with Crippen molar-refractivity contribution in [2.75, 3.05) is 33.4 Å². The average Bonchev–Trinajstić information content (AvgIpc) is 2.80. The van der Waals surface area contributed by atoms with E-state index in [9.17, 15) is 4.79 Å². The molecule has 1 saturated carbocycles. The molecule has 0 radical (unpaired) electrons. The fourth-order valence-corrected chi connectivity index (χ4v) is 3.72. The van der Waals surface area contributed by atoms with Crippen LogP contribution in [0, 0.1) is 5.92 Å². The van der Waals surface area contributed by atoms with Gasteiger partial charge in [0, 0.05) is 19.2 Å². The van der Waals surface area contributed by atoms with Crippen molar-refractivity contribution >= 4 is 5.97 Å². The Morgan fingerprint density at radius 1 is 1.13 bits per heavy atom. The maximum Gasteiger partial charge on any atom is 0.308 e. The molecule has 1 heterocycles. The Kier molecular flexibility index (Phi) is 7.27. The van der Waals surface area contributed by atoms with Gasteiger partial charge in [0.05, 0.1) is 37.4 Å². The van der Waals surface area contributed by atoms with Gasteiger partial charge in [-0.1, -0.05) is 0 Å².